The molecule has 0 spiro atoms. The summed E-state index contributed by atoms with van der Waals surface area (Å²) >= 11 is 1.43. The van der Waals surface area contributed by atoms with Gasteiger partial charge in [-0.25, -0.2) is 0 Å². The Bertz CT molecular complexity index is 664. The third-order valence-electron chi connectivity index (χ3n) is 2.66. The lowest BCUT2D eigenvalue weighted by atomic mass is 10.2. The zero-order valence-corrected chi connectivity index (χ0v) is 12.0. The number of aliphatic hydroxyl groups is 1. The van der Waals surface area contributed by atoms with Gasteiger partial charge < -0.3 is 10.4 Å². The van der Waals surface area contributed by atoms with E-state index in [4.69, 9.17) is 5.11 Å². The van der Waals surface area contributed by atoms with Crippen LogP contribution >= 0.6 is 11.3 Å². The van der Waals surface area contributed by atoms with E-state index in [0.29, 0.717) is 6.42 Å². The number of anilines is 1. The van der Waals surface area contributed by atoms with Crippen LogP contribution < -0.4 is 5.32 Å². The molecule has 1 aromatic carbocycles. The summed E-state index contributed by atoms with van der Waals surface area (Å²) in [6.45, 7) is 1.98. The number of hydrogen-bond acceptors (Lipinski definition) is 3. The van der Waals surface area contributed by atoms with Crippen LogP contribution in [-0.4, -0.2) is 17.6 Å². The molecule has 0 saturated carbocycles. The van der Waals surface area contributed by atoms with Crippen LogP contribution in [0.2, 0.25) is 0 Å². The Balaban J connectivity index is 2.11. The molecule has 1 amide bonds. The summed E-state index contributed by atoms with van der Waals surface area (Å²) < 4.78 is 0. The summed E-state index contributed by atoms with van der Waals surface area (Å²) in [4.78, 5) is 12.8. The van der Waals surface area contributed by atoms with Gasteiger partial charge in [-0.05, 0) is 42.1 Å². The number of aryl methyl sites for hydroxylation is 1. The number of benzene rings is 1. The van der Waals surface area contributed by atoms with E-state index in [2.05, 4.69) is 17.2 Å². The maximum Gasteiger partial charge on any atom is 0.265 e. The zero-order valence-electron chi connectivity index (χ0n) is 11.1. The maximum absolute atomic E-state index is 12.1. The van der Waals surface area contributed by atoms with Gasteiger partial charge in [-0.15, -0.1) is 11.3 Å². The van der Waals surface area contributed by atoms with E-state index in [1.165, 1.54) is 11.3 Å². The van der Waals surface area contributed by atoms with Gasteiger partial charge in [-0.3, -0.25) is 4.79 Å². The van der Waals surface area contributed by atoms with E-state index < -0.39 is 0 Å². The normalized spacial score (nSPS) is 9.70. The van der Waals surface area contributed by atoms with Crippen molar-refractivity contribution >= 4 is 22.9 Å². The van der Waals surface area contributed by atoms with Crippen molar-refractivity contribution in [2.75, 3.05) is 11.9 Å². The summed E-state index contributed by atoms with van der Waals surface area (Å²) in [7, 11) is 0. The van der Waals surface area contributed by atoms with E-state index in [1.807, 2.05) is 42.6 Å². The zero-order chi connectivity index (χ0) is 14.4. The highest BCUT2D eigenvalue weighted by molar-refractivity contribution is 7.12. The molecule has 0 aliphatic heterocycles. The summed E-state index contributed by atoms with van der Waals surface area (Å²) in [6, 6.07) is 9.30. The number of nitrogens with one attached hydrogen (secondary N) is 1. The molecular formula is C16H15NO2S. The first-order valence-corrected chi connectivity index (χ1v) is 7.14. The van der Waals surface area contributed by atoms with Crippen LogP contribution in [0.5, 0.6) is 0 Å². The van der Waals surface area contributed by atoms with Crippen LogP contribution in [-0.2, 0) is 0 Å². The molecule has 3 nitrogen and oxygen atoms in total. The van der Waals surface area contributed by atoms with Crippen LogP contribution in [0.3, 0.4) is 0 Å². The van der Waals surface area contributed by atoms with E-state index in [-0.39, 0.29) is 12.5 Å². The van der Waals surface area contributed by atoms with Crippen molar-refractivity contribution in [3.05, 3.63) is 51.7 Å². The molecule has 102 valence electrons. The third kappa shape index (κ3) is 3.70. The molecule has 0 atom stereocenters. The molecule has 0 saturated heterocycles. The average Bonchev–Trinajstić information content (AvgIpc) is 2.86. The standard InChI is InChI=1S/C16H15NO2S/c1-12-8-10-20-15(12)16(19)17-14-7-4-6-13(11-14)5-2-3-9-18/h4,6-8,10-11,18H,3,9H2,1H3,(H,17,19). The van der Waals surface area contributed by atoms with Gasteiger partial charge in [-0.2, -0.15) is 0 Å². The van der Waals surface area contributed by atoms with Crippen molar-refractivity contribution in [3.8, 4) is 11.8 Å². The van der Waals surface area contributed by atoms with Crippen molar-refractivity contribution in [3.63, 3.8) is 0 Å². The Kier molecular flexibility index (Phi) is 4.94. The number of hydrogen-bond donors (Lipinski definition) is 2. The number of carbonyl (C=O) groups is 1. The molecule has 2 N–H and O–H groups in total. The Morgan fingerprint density at radius 2 is 2.25 bits per heavy atom. The molecule has 0 aliphatic rings. The fraction of sp³-hybridized carbons (Fsp3) is 0.188. The first kappa shape index (κ1) is 14.3. The highest BCUT2D eigenvalue weighted by atomic mass is 32.1. The second kappa shape index (κ2) is 6.90. The van der Waals surface area contributed by atoms with Gasteiger partial charge in [0.1, 0.15) is 0 Å². The Morgan fingerprint density at radius 3 is 2.95 bits per heavy atom. The van der Waals surface area contributed by atoms with Crippen LogP contribution in [0.15, 0.2) is 35.7 Å². The molecule has 0 bridgehead atoms. The molecule has 0 radical (unpaired) electrons. The van der Waals surface area contributed by atoms with Gasteiger partial charge in [0.15, 0.2) is 0 Å². The van der Waals surface area contributed by atoms with Crippen LogP contribution in [0.25, 0.3) is 0 Å². The molecule has 0 unspecified atom stereocenters. The molecule has 4 heteroatoms. The minimum Gasteiger partial charge on any atom is -0.395 e. The van der Waals surface area contributed by atoms with Gasteiger partial charge in [0.25, 0.3) is 5.91 Å². The van der Waals surface area contributed by atoms with Crippen LogP contribution in [0.1, 0.15) is 27.2 Å². The predicted octanol–water partition coefficient (Wildman–Crippen LogP) is 3.04. The minimum atomic E-state index is -0.0991. The van der Waals surface area contributed by atoms with Crippen molar-refractivity contribution in [1.82, 2.24) is 0 Å². The van der Waals surface area contributed by atoms with Gasteiger partial charge in [0, 0.05) is 17.7 Å². The molecule has 1 aromatic heterocycles. The van der Waals surface area contributed by atoms with Crippen molar-refractivity contribution in [2.45, 2.75) is 13.3 Å². The third-order valence-corrected chi connectivity index (χ3v) is 3.67. The summed E-state index contributed by atoms with van der Waals surface area (Å²) in [5.74, 6) is 5.71. The van der Waals surface area contributed by atoms with Crippen molar-refractivity contribution in [2.24, 2.45) is 0 Å². The Labute approximate surface area is 122 Å². The molecule has 2 aromatic rings. The number of carbonyl (C=O) groups excluding carboxylic acids is 1. The number of amides is 1. The fourth-order valence-electron chi connectivity index (χ4n) is 1.69. The number of thiophene rings is 1. The second-order valence-electron chi connectivity index (χ2n) is 4.24. The average molecular weight is 285 g/mol. The summed E-state index contributed by atoms with van der Waals surface area (Å²) in [6.07, 6.45) is 0.449. The van der Waals surface area contributed by atoms with Crippen LogP contribution in [0.4, 0.5) is 5.69 Å². The first-order chi connectivity index (χ1) is 9.70. The molecule has 0 aliphatic carbocycles. The smallest absolute Gasteiger partial charge is 0.265 e. The monoisotopic (exact) mass is 285 g/mol. The molecular weight excluding hydrogens is 270 g/mol. The quantitative estimate of drug-likeness (QED) is 0.852. The van der Waals surface area contributed by atoms with Crippen molar-refractivity contribution < 1.29 is 9.90 Å². The van der Waals surface area contributed by atoms with Gasteiger partial charge in [0.05, 0.1) is 11.5 Å². The largest absolute Gasteiger partial charge is 0.395 e. The number of aliphatic hydroxyl groups excluding tert-OH is 1. The lowest BCUT2D eigenvalue weighted by molar-refractivity contribution is 0.103. The SMILES string of the molecule is Cc1ccsc1C(=O)Nc1cccc(C#CCCO)c1. The second-order valence-corrected chi connectivity index (χ2v) is 5.16. The molecule has 2 rings (SSSR count). The topological polar surface area (TPSA) is 49.3 Å². The van der Waals surface area contributed by atoms with Crippen LogP contribution in [0, 0.1) is 18.8 Å². The Morgan fingerprint density at radius 1 is 1.40 bits per heavy atom. The lowest BCUT2D eigenvalue weighted by Gasteiger charge is -2.04. The molecule has 20 heavy (non-hydrogen) atoms. The highest BCUT2D eigenvalue weighted by Gasteiger charge is 2.10. The van der Waals surface area contributed by atoms with E-state index in [1.54, 1.807) is 0 Å². The first-order valence-electron chi connectivity index (χ1n) is 6.26. The Hall–Kier alpha value is -2.09. The fourth-order valence-corrected chi connectivity index (χ4v) is 2.51. The van der Waals surface area contributed by atoms with E-state index >= 15 is 0 Å². The van der Waals surface area contributed by atoms with E-state index in [9.17, 15) is 4.79 Å². The molecule has 0 fully saturated rings. The van der Waals surface area contributed by atoms with Gasteiger partial charge >= 0.3 is 0 Å². The summed E-state index contributed by atoms with van der Waals surface area (Å²) in [5, 5.41) is 13.5. The predicted molar refractivity (Wildman–Crippen MR) is 82.0 cm³/mol. The van der Waals surface area contributed by atoms with Crippen molar-refractivity contribution in [1.29, 1.82) is 0 Å². The minimum absolute atomic E-state index is 0.0566. The number of rotatable bonds is 3. The maximum atomic E-state index is 12.1. The van der Waals surface area contributed by atoms with E-state index in [0.717, 1.165) is 21.7 Å². The van der Waals surface area contributed by atoms with Gasteiger partial charge in [0.2, 0.25) is 0 Å². The summed E-state index contributed by atoms with van der Waals surface area (Å²) in [5.41, 5.74) is 2.52. The lowest BCUT2D eigenvalue weighted by Crippen LogP contribution is -2.11. The highest BCUT2D eigenvalue weighted by Crippen LogP contribution is 2.18. The van der Waals surface area contributed by atoms with Gasteiger partial charge in [-0.1, -0.05) is 17.9 Å². The molecule has 1 heterocycles.